The first-order valence-corrected chi connectivity index (χ1v) is 9.55. The number of morpholine rings is 1. The average molecular weight is 353 g/mol. The van der Waals surface area contributed by atoms with Crippen LogP contribution in [0, 0.1) is 0 Å². The van der Waals surface area contributed by atoms with Crippen molar-refractivity contribution in [3.63, 3.8) is 0 Å². The highest BCUT2D eigenvalue weighted by molar-refractivity contribution is 7.10. The lowest BCUT2D eigenvalue weighted by molar-refractivity contribution is -0.0410. The number of hydrogen-bond acceptors (Lipinski definition) is 5. The molecule has 0 aliphatic carbocycles. The number of hydrogen-bond donors (Lipinski definition) is 2. The van der Waals surface area contributed by atoms with Gasteiger partial charge >= 0.3 is 0 Å². The molecule has 0 radical (unpaired) electrons. The normalized spacial score (nSPS) is 25.3. The zero-order valence-electron chi connectivity index (χ0n) is 14.6. The standard InChI is InChI=1S/C17H28N4O2S/c1-17(14-4-12-24-15(14)3-9-23-17)13-20-16(18-2)19-5-6-21-7-10-22-11-8-21/h4,12H,3,5-11,13H2,1-2H3,(H2,18,19,20). The van der Waals surface area contributed by atoms with Crippen LogP contribution in [0.25, 0.3) is 0 Å². The van der Waals surface area contributed by atoms with E-state index in [0.29, 0.717) is 6.54 Å². The Morgan fingerprint density at radius 1 is 1.33 bits per heavy atom. The van der Waals surface area contributed by atoms with Crippen LogP contribution in [0.2, 0.25) is 0 Å². The van der Waals surface area contributed by atoms with Crippen molar-refractivity contribution in [1.82, 2.24) is 15.5 Å². The lowest BCUT2D eigenvalue weighted by atomic mass is 9.93. The summed E-state index contributed by atoms with van der Waals surface area (Å²) in [6, 6.07) is 2.19. The molecule has 7 heteroatoms. The predicted octanol–water partition coefficient (Wildman–Crippen LogP) is 1.03. The molecule has 0 aromatic carbocycles. The van der Waals surface area contributed by atoms with Gasteiger partial charge in [-0.2, -0.15) is 0 Å². The van der Waals surface area contributed by atoms with Gasteiger partial charge in [0.05, 0.1) is 26.4 Å². The molecule has 134 valence electrons. The van der Waals surface area contributed by atoms with Crippen molar-refractivity contribution < 1.29 is 9.47 Å². The fourth-order valence-corrected chi connectivity index (χ4v) is 4.21. The van der Waals surface area contributed by atoms with E-state index in [0.717, 1.165) is 58.4 Å². The first-order valence-electron chi connectivity index (χ1n) is 8.67. The summed E-state index contributed by atoms with van der Waals surface area (Å²) in [6.45, 7) is 9.25. The number of nitrogens with one attached hydrogen (secondary N) is 2. The van der Waals surface area contributed by atoms with Crippen LogP contribution in [0.3, 0.4) is 0 Å². The van der Waals surface area contributed by atoms with Crippen molar-refractivity contribution in [1.29, 1.82) is 0 Å². The second-order valence-electron chi connectivity index (χ2n) is 6.39. The summed E-state index contributed by atoms with van der Waals surface area (Å²) in [6.07, 6.45) is 1.02. The van der Waals surface area contributed by atoms with Crippen LogP contribution in [0.15, 0.2) is 16.4 Å². The molecule has 0 spiro atoms. The number of rotatable bonds is 5. The van der Waals surface area contributed by atoms with Gasteiger partial charge < -0.3 is 20.1 Å². The maximum absolute atomic E-state index is 6.08. The van der Waals surface area contributed by atoms with Gasteiger partial charge in [-0.15, -0.1) is 11.3 Å². The minimum absolute atomic E-state index is 0.282. The first kappa shape index (κ1) is 17.7. The predicted molar refractivity (Wildman–Crippen MR) is 98.0 cm³/mol. The van der Waals surface area contributed by atoms with Gasteiger partial charge in [0.1, 0.15) is 5.60 Å². The average Bonchev–Trinajstić information content (AvgIpc) is 3.09. The van der Waals surface area contributed by atoms with Crippen LogP contribution >= 0.6 is 11.3 Å². The molecular formula is C17H28N4O2S. The summed E-state index contributed by atoms with van der Waals surface area (Å²) < 4.78 is 11.5. The molecule has 0 saturated carbocycles. The van der Waals surface area contributed by atoms with Crippen molar-refractivity contribution >= 4 is 17.3 Å². The Balaban J connectivity index is 1.46. The highest BCUT2D eigenvalue weighted by atomic mass is 32.1. The van der Waals surface area contributed by atoms with Gasteiger partial charge in [-0.3, -0.25) is 9.89 Å². The fraction of sp³-hybridized carbons (Fsp3) is 0.706. The first-order chi connectivity index (χ1) is 11.7. The number of aliphatic imine (C=N–C) groups is 1. The Morgan fingerprint density at radius 2 is 2.17 bits per heavy atom. The van der Waals surface area contributed by atoms with Crippen molar-refractivity contribution in [2.45, 2.75) is 18.9 Å². The van der Waals surface area contributed by atoms with Crippen LogP contribution in [0.5, 0.6) is 0 Å². The molecule has 1 saturated heterocycles. The van der Waals surface area contributed by atoms with Gasteiger partial charge in [0, 0.05) is 44.5 Å². The minimum Gasteiger partial charge on any atom is -0.379 e. The van der Waals surface area contributed by atoms with Crippen molar-refractivity contribution in [2.75, 3.05) is 59.6 Å². The summed E-state index contributed by atoms with van der Waals surface area (Å²) in [4.78, 5) is 8.18. The second kappa shape index (κ2) is 8.29. The molecule has 1 unspecified atom stereocenters. The quantitative estimate of drug-likeness (QED) is 0.612. The Morgan fingerprint density at radius 3 is 2.96 bits per heavy atom. The molecule has 1 fully saturated rings. The van der Waals surface area contributed by atoms with Crippen LogP contribution < -0.4 is 10.6 Å². The smallest absolute Gasteiger partial charge is 0.191 e. The molecule has 2 aliphatic rings. The van der Waals surface area contributed by atoms with Crippen molar-refractivity contribution in [3.8, 4) is 0 Å². The molecule has 1 atom stereocenters. The highest BCUT2D eigenvalue weighted by Crippen LogP contribution is 2.35. The molecule has 1 aromatic rings. The SMILES string of the molecule is CN=C(NCCN1CCOCC1)NCC1(C)OCCc2sccc21. The van der Waals surface area contributed by atoms with Gasteiger partial charge in [0.25, 0.3) is 0 Å². The molecule has 24 heavy (non-hydrogen) atoms. The molecule has 0 bridgehead atoms. The molecule has 1 aromatic heterocycles. The topological polar surface area (TPSA) is 58.1 Å². The third kappa shape index (κ3) is 4.27. The molecule has 6 nitrogen and oxygen atoms in total. The van der Waals surface area contributed by atoms with Crippen LogP contribution in [-0.4, -0.2) is 70.5 Å². The summed E-state index contributed by atoms with van der Waals surface area (Å²) in [5.41, 5.74) is 1.03. The van der Waals surface area contributed by atoms with Crippen molar-refractivity contribution in [3.05, 3.63) is 21.9 Å². The van der Waals surface area contributed by atoms with E-state index in [2.05, 4.69) is 38.9 Å². The summed E-state index contributed by atoms with van der Waals surface area (Å²) in [5, 5.41) is 8.98. The number of nitrogens with zero attached hydrogens (tertiary/aromatic N) is 2. The van der Waals surface area contributed by atoms with Gasteiger partial charge in [0.2, 0.25) is 0 Å². The van der Waals surface area contributed by atoms with E-state index in [-0.39, 0.29) is 5.60 Å². The maximum Gasteiger partial charge on any atom is 0.191 e. The van der Waals surface area contributed by atoms with E-state index in [9.17, 15) is 0 Å². The third-order valence-corrected chi connectivity index (χ3v) is 5.69. The van der Waals surface area contributed by atoms with Crippen LogP contribution in [0.4, 0.5) is 0 Å². The van der Waals surface area contributed by atoms with E-state index in [1.807, 2.05) is 18.4 Å². The van der Waals surface area contributed by atoms with Crippen molar-refractivity contribution in [2.24, 2.45) is 4.99 Å². The zero-order chi connectivity index (χ0) is 16.8. The molecule has 2 aliphatic heterocycles. The van der Waals surface area contributed by atoms with Gasteiger partial charge in [-0.1, -0.05) is 0 Å². The number of fused-ring (bicyclic) bond motifs is 1. The zero-order valence-corrected chi connectivity index (χ0v) is 15.5. The van der Waals surface area contributed by atoms with Gasteiger partial charge in [-0.05, 0) is 23.9 Å². The second-order valence-corrected chi connectivity index (χ2v) is 7.39. The molecule has 3 rings (SSSR count). The van der Waals surface area contributed by atoms with E-state index >= 15 is 0 Å². The lowest BCUT2D eigenvalue weighted by Crippen LogP contribution is -2.49. The number of thiophene rings is 1. The molecular weight excluding hydrogens is 324 g/mol. The largest absolute Gasteiger partial charge is 0.379 e. The van der Waals surface area contributed by atoms with Gasteiger partial charge in [-0.25, -0.2) is 0 Å². The van der Waals surface area contributed by atoms with Crippen LogP contribution in [-0.2, 0) is 21.5 Å². The number of guanidine groups is 1. The Hall–Kier alpha value is -1.15. The molecule has 0 amide bonds. The summed E-state index contributed by atoms with van der Waals surface area (Å²) >= 11 is 1.83. The summed E-state index contributed by atoms with van der Waals surface area (Å²) in [7, 11) is 1.81. The third-order valence-electron chi connectivity index (χ3n) is 4.71. The molecule has 2 N–H and O–H groups in total. The Kier molecular flexibility index (Phi) is 6.10. The monoisotopic (exact) mass is 352 g/mol. The van der Waals surface area contributed by atoms with Gasteiger partial charge in [0.15, 0.2) is 5.96 Å². The Labute approximate surface area is 148 Å². The van der Waals surface area contributed by atoms with E-state index < -0.39 is 0 Å². The highest BCUT2D eigenvalue weighted by Gasteiger charge is 2.34. The van der Waals surface area contributed by atoms with E-state index in [1.54, 1.807) is 0 Å². The maximum atomic E-state index is 6.08. The Bertz CT molecular complexity index is 557. The fourth-order valence-electron chi connectivity index (χ4n) is 3.23. The minimum atomic E-state index is -0.282. The molecule has 3 heterocycles. The summed E-state index contributed by atoms with van der Waals surface area (Å²) in [5.74, 6) is 0.829. The van der Waals surface area contributed by atoms with Crippen LogP contribution in [0.1, 0.15) is 17.4 Å². The number of ether oxygens (including phenoxy) is 2. The van der Waals surface area contributed by atoms with E-state index in [4.69, 9.17) is 9.47 Å². The lowest BCUT2D eigenvalue weighted by Gasteiger charge is -2.35. The van der Waals surface area contributed by atoms with E-state index in [1.165, 1.54) is 10.4 Å².